The molecule has 2 N–H and O–H groups in total. The largest absolute Gasteiger partial charge is 0.483 e. The van der Waals surface area contributed by atoms with Crippen molar-refractivity contribution in [1.29, 1.82) is 0 Å². The summed E-state index contributed by atoms with van der Waals surface area (Å²) in [5.74, 6) is 0.689. The van der Waals surface area contributed by atoms with Gasteiger partial charge in [0.05, 0.1) is 6.04 Å². The van der Waals surface area contributed by atoms with Gasteiger partial charge in [0.15, 0.2) is 6.61 Å². The number of nitrogens with one attached hydrogen (secondary N) is 2. The van der Waals surface area contributed by atoms with E-state index >= 15 is 0 Å². The van der Waals surface area contributed by atoms with Crippen molar-refractivity contribution in [2.75, 3.05) is 19.7 Å². The molecule has 1 aliphatic heterocycles. The van der Waals surface area contributed by atoms with Crippen molar-refractivity contribution in [3.05, 3.63) is 89.7 Å². The molecule has 0 saturated carbocycles. The number of pyridine rings is 1. The lowest BCUT2D eigenvalue weighted by Gasteiger charge is -2.40. The fourth-order valence-electron chi connectivity index (χ4n) is 5.57. The number of para-hydroxylation sites is 1. The molecule has 1 aliphatic rings. The Kier molecular flexibility index (Phi) is 11.7. The molecule has 43 heavy (non-hydrogen) atoms. The Labute approximate surface area is 261 Å². The van der Waals surface area contributed by atoms with E-state index in [0.29, 0.717) is 18.2 Å². The van der Waals surface area contributed by atoms with Gasteiger partial charge in [0.1, 0.15) is 5.75 Å². The minimum Gasteiger partial charge on any atom is -0.483 e. The second-order valence-electron chi connectivity index (χ2n) is 12.5. The van der Waals surface area contributed by atoms with Gasteiger partial charge in [0.25, 0.3) is 5.91 Å². The van der Waals surface area contributed by atoms with Crippen LogP contribution >= 0.6 is 11.8 Å². The first-order valence-corrected chi connectivity index (χ1v) is 16.1. The summed E-state index contributed by atoms with van der Waals surface area (Å²) in [5.41, 5.74) is 2.88. The minimum atomic E-state index is -0.312. The van der Waals surface area contributed by atoms with Gasteiger partial charge in [0, 0.05) is 40.7 Å². The van der Waals surface area contributed by atoms with Crippen molar-refractivity contribution < 1.29 is 14.3 Å². The lowest BCUT2D eigenvalue weighted by atomic mass is 9.97. The van der Waals surface area contributed by atoms with E-state index in [0.717, 1.165) is 48.2 Å². The van der Waals surface area contributed by atoms with Gasteiger partial charge in [0.2, 0.25) is 5.91 Å². The van der Waals surface area contributed by atoms with Crippen LogP contribution in [0.15, 0.2) is 78.0 Å². The summed E-state index contributed by atoms with van der Waals surface area (Å²) in [5, 5.41) is 6.80. The standard InChI is InChI=1S/C35H46N4O3S/c1-25-10-9-11-26(2)33(25)42-24-32(40)37-28(22-27-12-7-6-8-13-27)16-20-39-21-17-30(43-29-14-18-36-19-15-29)23-31(39)34(41)38-35(3,4)5/h6-15,18-19,28,30-31H,16-17,20-24H2,1-5H3,(H,37,40)(H,38,41)/t28-,30?,31?/m1/s1. The summed E-state index contributed by atoms with van der Waals surface area (Å²) in [6.07, 6.45) is 6.83. The number of amides is 2. The quantitative estimate of drug-likeness (QED) is 0.275. The monoisotopic (exact) mass is 602 g/mol. The zero-order valence-corrected chi connectivity index (χ0v) is 27.0. The third-order valence-corrected chi connectivity index (χ3v) is 8.94. The number of aryl methyl sites for hydroxylation is 2. The van der Waals surface area contributed by atoms with E-state index in [-0.39, 0.29) is 36.0 Å². The number of likely N-dealkylation sites (tertiary alicyclic amines) is 1. The number of ether oxygens (including phenoxy) is 1. The van der Waals surface area contributed by atoms with Gasteiger partial charge < -0.3 is 15.4 Å². The summed E-state index contributed by atoms with van der Waals surface area (Å²) >= 11 is 1.83. The van der Waals surface area contributed by atoms with Crippen molar-refractivity contribution in [2.45, 2.75) is 88.1 Å². The first-order valence-electron chi connectivity index (χ1n) is 15.2. The van der Waals surface area contributed by atoms with Crippen LogP contribution in [0.5, 0.6) is 5.75 Å². The minimum absolute atomic E-state index is 0.0365. The number of carbonyl (C=O) groups is 2. The van der Waals surface area contributed by atoms with Crippen molar-refractivity contribution in [3.8, 4) is 5.75 Å². The Morgan fingerprint density at radius 3 is 2.40 bits per heavy atom. The third-order valence-electron chi connectivity index (χ3n) is 7.63. The van der Waals surface area contributed by atoms with Crippen LogP contribution in [0.3, 0.4) is 0 Å². The number of benzene rings is 2. The highest BCUT2D eigenvalue weighted by molar-refractivity contribution is 8.00. The van der Waals surface area contributed by atoms with E-state index in [9.17, 15) is 9.59 Å². The first kappa shape index (κ1) is 32.6. The summed E-state index contributed by atoms with van der Waals surface area (Å²) in [7, 11) is 0. The van der Waals surface area contributed by atoms with Crippen LogP contribution in [0, 0.1) is 13.8 Å². The Bertz CT molecular complexity index is 1310. The van der Waals surface area contributed by atoms with Crippen LogP contribution in [0.2, 0.25) is 0 Å². The zero-order chi connectivity index (χ0) is 30.8. The van der Waals surface area contributed by atoms with Crippen LogP contribution in [0.1, 0.15) is 56.7 Å². The number of rotatable bonds is 12. The van der Waals surface area contributed by atoms with Gasteiger partial charge in [-0.25, -0.2) is 0 Å². The van der Waals surface area contributed by atoms with E-state index < -0.39 is 0 Å². The summed E-state index contributed by atoms with van der Waals surface area (Å²) in [6.45, 7) is 11.5. The Hall–Kier alpha value is -3.36. The van der Waals surface area contributed by atoms with E-state index in [4.69, 9.17) is 4.74 Å². The SMILES string of the molecule is Cc1cccc(C)c1OCC(=O)N[C@H](CCN1CCC(Sc2ccncc2)CC1C(=O)NC(C)(C)C)Cc1ccccc1. The molecular formula is C35H46N4O3S. The topological polar surface area (TPSA) is 83.6 Å². The van der Waals surface area contributed by atoms with Crippen LogP contribution in [0.25, 0.3) is 0 Å². The van der Waals surface area contributed by atoms with Gasteiger partial charge in [-0.05, 0) is 95.7 Å². The number of aromatic nitrogens is 1. The summed E-state index contributed by atoms with van der Waals surface area (Å²) < 4.78 is 5.95. The van der Waals surface area contributed by atoms with Crippen molar-refractivity contribution in [3.63, 3.8) is 0 Å². The van der Waals surface area contributed by atoms with Gasteiger partial charge >= 0.3 is 0 Å². The molecule has 1 saturated heterocycles. The molecule has 230 valence electrons. The second kappa shape index (κ2) is 15.4. The highest BCUT2D eigenvalue weighted by atomic mass is 32.2. The van der Waals surface area contributed by atoms with Gasteiger partial charge in [-0.2, -0.15) is 0 Å². The molecule has 2 aromatic carbocycles. The van der Waals surface area contributed by atoms with Crippen LogP contribution in [-0.4, -0.2) is 64.3 Å². The molecule has 0 radical (unpaired) electrons. The number of hydrogen-bond donors (Lipinski definition) is 2. The molecule has 4 rings (SSSR count). The smallest absolute Gasteiger partial charge is 0.258 e. The molecule has 7 nitrogen and oxygen atoms in total. The molecule has 2 unspecified atom stereocenters. The van der Waals surface area contributed by atoms with Crippen molar-refractivity contribution in [2.24, 2.45) is 0 Å². The molecule has 1 aromatic heterocycles. The number of thioether (sulfide) groups is 1. The average Bonchev–Trinajstić information content (AvgIpc) is 2.96. The molecular weight excluding hydrogens is 556 g/mol. The number of nitrogens with zero attached hydrogens (tertiary/aromatic N) is 2. The normalized spacial score (nSPS) is 18.1. The van der Waals surface area contributed by atoms with Crippen LogP contribution in [-0.2, 0) is 16.0 Å². The molecule has 0 spiro atoms. The highest BCUT2D eigenvalue weighted by Gasteiger charge is 2.35. The molecule has 1 fully saturated rings. The van der Waals surface area contributed by atoms with Crippen molar-refractivity contribution >= 4 is 23.6 Å². The lowest BCUT2D eigenvalue weighted by Crippen LogP contribution is -2.56. The Morgan fingerprint density at radius 2 is 1.72 bits per heavy atom. The Balaban J connectivity index is 1.43. The molecule has 3 atom stereocenters. The maximum atomic E-state index is 13.6. The summed E-state index contributed by atoms with van der Waals surface area (Å²) in [6, 6.07) is 19.9. The average molecular weight is 603 g/mol. The summed E-state index contributed by atoms with van der Waals surface area (Å²) in [4.78, 5) is 34.3. The predicted molar refractivity (Wildman–Crippen MR) is 174 cm³/mol. The third kappa shape index (κ3) is 10.4. The van der Waals surface area contributed by atoms with E-state index in [1.807, 2.05) is 107 Å². The number of piperidine rings is 1. The molecule has 3 aromatic rings. The maximum absolute atomic E-state index is 13.6. The fraction of sp³-hybridized carbons (Fsp3) is 0.457. The van der Waals surface area contributed by atoms with E-state index in [1.165, 1.54) is 4.90 Å². The van der Waals surface area contributed by atoms with Gasteiger partial charge in [-0.15, -0.1) is 11.8 Å². The van der Waals surface area contributed by atoms with Gasteiger partial charge in [-0.1, -0.05) is 48.5 Å². The van der Waals surface area contributed by atoms with Crippen LogP contribution < -0.4 is 15.4 Å². The number of hydrogen-bond acceptors (Lipinski definition) is 6. The second-order valence-corrected chi connectivity index (χ2v) is 13.9. The maximum Gasteiger partial charge on any atom is 0.258 e. The van der Waals surface area contributed by atoms with Crippen molar-refractivity contribution in [1.82, 2.24) is 20.5 Å². The highest BCUT2D eigenvalue weighted by Crippen LogP contribution is 2.33. The molecule has 0 bridgehead atoms. The molecule has 2 amide bonds. The number of carbonyl (C=O) groups excluding carboxylic acids is 2. The van der Waals surface area contributed by atoms with E-state index in [2.05, 4.69) is 32.7 Å². The molecule has 2 heterocycles. The first-order chi connectivity index (χ1) is 20.6. The predicted octanol–water partition coefficient (Wildman–Crippen LogP) is 5.73. The molecule has 8 heteroatoms. The van der Waals surface area contributed by atoms with Gasteiger partial charge in [-0.3, -0.25) is 19.5 Å². The fourth-order valence-corrected chi connectivity index (χ4v) is 6.74. The zero-order valence-electron chi connectivity index (χ0n) is 26.1. The van der Waals surface area contributed by atoms with E-state index in [1.54, 1.807) is 0 Å². The Morgan fingerprint density at radius 1 is 1.02 bits per heavy atom. The van der Waals surface area contributed by atoms with Crippen LogP contribution in [0.4, 0.5) is 0 Å². The molecule has 0 aliphatic carbocycles. The lowest BCUT2D eigenvalue weighted by molar-refractivity contribution is -0.129.